The highest BCUT2D eigenvalue weighted by atomic mass is 16.6. The van der Waals surface area contributed by atoms with Crippen molar-refractivity contribution in [1.82, 2.24) is 4.98 Å². The van der Waals surface area contributed by atoms with Crippen LogP contribution in [0.5, 0.6) is 0 Å². The van der Waals surface area contributed by atoms with Crippen molar-refractivity contribution in [2.75, 3.05) is 23.3 Å². The van der Waals surface area contributed by atoms with Gasteiger partial charge in [-0.05, 0) is 6.92 Å². The molecule has 14 heavy (non-hydrogen) atoms. The highest BCUT2D eigenvalue weighted by molar-refractivity contribution is 5.73. The summed E-state index contributed by atoms with van der Waals surface area (Å²) >= 11 is 0. The molecule has 0 bridgehead atoms. The first-order valence-corrected chi connectivity index (χ1v) is 4.00. The predicted octanol–water partition coefficient (Wildman–Crippen LogP) is 0.586. The van der Waals surface area contributed by atoms with Gasteiger partial charge in [-0.2, -0.15) is 0 Å². The van der Waals surface area contributed by atoms with Gasteiger partial charge in [0, 0.05) is 12.6 Å². The Balaban J connectivity index is 3.18. The summed E-state index contributed by atoms with van der Waals surface area (Å²) in [4.78, 5) is 13.6. The molecule has 7 heteroatoms. The molecule has 0 aliphatic rings. The molecule has 0 aromatic carbocycles. The largest absolute Gasteiger partial charge is 0.393 e. The summed E-state index contributed by atoms with van der Waals surface area (Å²) in [6.07, 6.45) is 0. The van der Waals surface area contributed by atoms with Gasteiger partial charge in [-0.25, -0.2) is 4.98 Å². The van der Waals surface area contributed by atoms with Crippen molar-refractivity contribution in [1.29, 1.82) is 0 Å². The van der Waals surface area contributed by atoms with E-state index in [0.717, 1.165) is 0 Å². The van der Waals surface area contributed by atoms with Gasteiger partial charge in [0.1, 0.15) is 11.5 Å². The Morgan fingerprint density at radius 1 is 1.64 bits per heavy atom. The van der Waals surface area contributed by atoms with Crippen molar-refractivity contribution in [3.8, 4) is 0 Å². The minimum Gasteiger partial charge on any atom is -0.393 e. The van der Waals surface area contributed by atoms with E-state index in [1.54, 1.807) is 0 Å². The van der Waals surface area contributed by atoms with Gasteiger partial charge in [0.15, 0.2) is 0 Å². The third-order valence-electron chi connectivity index (χ3n) is 1.59. The quantitative estimate of drug-likeness (QED) is 0.481. The maximum Gasteiger partial charge on any atom is 0.333 e. The third kappa shape index (κ3) is 1.82. The predicted molar refractivity (Wildman–Crippen MR) is 53.9 cm³/mol. The van der Waals surface area contributed by atoms with Gasteiger partial charge in [-0.1, -0.05) is 0 Å². The van der Waals surface area contributed by atoms with Gasteiger partial charge in [0.2, 0.25) is 5.82 Å². The summed E-state index contributed by atoms with van der Waals surface area (Å²) in [6.45, 7) is 2.51. The molecule has 0 aliphatic heterocycles. The smallest absolute Gasteiger partial charge is 0.333 e. The van der Waals surface area contributed by atoms with E-state index in [-0.39, 0.29) is 17.2 Å². The molecule has 1 aromatic heterocycles. The highest BCUT2D eigenvalue weighted by Crippen LogP contribution is 2.28. The number of anilines is 3. The normalized spacial score (nSPS) is 9.79. The SMILES string of the molecule is CCNc1cc(N)c([N+](=O)[O-])c(N)n1. The Hall–Kier alpha value is -2.05. The summed E-state index contributed by atoms with van der Waals surface area (Å²) in [5, 5.41) is 13.4. The average Bonchev–Trinajstić information content (AvgIpc) is 2.01. The van der Waals surface area contributed by atoms with E-state index < -0.39 is 4.92 Å². The van der Waals surface area contributed by atoms with Gasteiger partial charge < -0.3 is 16.8 Å². The van der Waals surface area contributed by atoms with Crippen molar-refractivity contribution in [2.24, 2.45) is 0 Å². The molecule has 0 atom stereocenters. The lowest BCUT2D eigenvalue weighted by Crippen LogP contribution is -2.07. The maximum absolute atomic E-state index is 10.5. The van der Waals surface area contributed by atoms with Gasteiger partial charge in [0.25, 0.3) is 0 Å². The summed E-state index contributed by atoms with van der Waals surface area (Å²) in [6, 6.07) is 1.39. The third-order valence-corrected chi connectivity index (χ3v) is 1.59. The fourth-order valence-electron chi connectivity index (χ4n) is 1.05. The Morgan fingerprint density at radius 2 is 2.29 bits per heavy atom. The van der Waals surface area contributed by atoms with Crippen LogP contribution in [0, 0.1) is 10.1 Å². The molecule has 0 unspecified atom stereocenters. The Kier molecular flexibility index (Phi) is 2.70. The standard InChI is InChI=1S/C7H11N5O2/c1-2-10-5-3-4(8)6(12(13)14)7(9)11-5/h3H,2H2,1H3,(H5,8,9,10,11). The zero-order chi connectivity index (χ0) is 10.7. The van der Waals surface area contributed by atoms with E-state index in [0.29, 0.717) is 12.4 Å². The molecule has 0 amide bonds. The second-order valence-electron chi connectivity index (χ2n) is 2.62. The minimum atomic E-state index is -0.645. The van der Waals surface area contributed by atoms with Gasteiger partial charge in [-0.15, -0.1) is 0 Å². The van der Waals surface area contributed by atoms with Crippen LogP contribution in [0.2, 0.25) is 0 Å². The maximum atomic E-state index is 10.5. The zero-order valence-electron chi connectivity index (χ0n) is 7.65. The van der Waals surface area contributed by atoms with Crippen LogP contribution in [-0.4, -0.2) is 16.5 Å². The van der Waals surface area contributed by atoms with Gasteiger partial charge in [0.05, 0.1) is 4.92 Å². The van der Waals surface area contributed by atoms with Crippen LogP contribution < -0.4 is 16.8 Å². The van der Waals surface area contributed by atoms with Crippen LogP contribution in [0.1, 0.15) is 6.92 Å². The van der Waals surface area contributed by atoms with Gasteiger partial charge >= 0.3 is 5.69 Å². The van der Waals surface area contributed by atoms with Gasteiger partial charge in [-0.3, -0.25) is 10.1 Å². The van der Waals surface area contributed by atoms with E-state index in [9.17, 15) is 10.1 Å². The lowest BCUT2D eigenvalue weighted by Gasteiger charge is -2.05. The summed E-state index contributed by atoms with van der Waals surface area (Å²) in [7, 11) is 0. The lowest BCUT2D eigenvalue weighted by molar-refractivity contribution is -0.383. The van der Waals surface area contributed by atoms with Crippen molar-refractivity contribution in [2.45, 2.75) is 6.92 Å². The number of nitrogens with one attached hydrogen (secondary N) is 1. The Labute approximate surface area is 80.3 Å². The molecule has 0 saturated carbocycles. The number of hydrogen-bond acceptors (Lipinski definition) is 6. The monoisotopic (exact) mass is 197 g/mol. The molecule has 76 valence electrons. The van der Waals surface area contributed by atoms with E-state index in [1.165, 1.54) is 6.07 Å². The van der Waals surface area contributed by atoms with Crippen molar-refractivity contribution in [3.05, 3.63) is 16.2 Å². The highest BCUT2D eigenvalue weighted by Gasteiger charge is 2.18. The molecule has 0 aliphatic carbocycles. The molecule has 0 spiro atoms. The fraction of sp³-hybridized carbons (Fsp3) is 0.286. The number of nitrogen functional groups attached to an aromatic ring is 2. The molecule has 0 radical (unpaired) electrons. The number of aromatic nitrogens is 1. The number of nitrogens with two attached hydrogens (primary N) is 2. The van der Waals surface area contributed by atoms with E-state index in [2.05, 4.69) is 10.3 Å². The fourth-order valence-corrected chi connectivity index (χ4v) is 1.05. The van der Waals surface area contributed by atoms with Crippen molar-refractivity contribution in [3.63, 3.8) is 0 Å². The number of hydrogen-bond donors (Lipinski definition) is 3. The summed E-state index contributed by atoms with van der Waals surface area (Å²) < 4.78 is 0. The molecule has 0 saturated heterocycles. The molecular formula is C7H11N5O2. The first kappa shape index (κ1) is 10.0. The lowest BCUT2D eigenvalue weighted by atomic mass is 10.3. The second-order valence-corrected chi connectivity index (χ2v) is 2.62. The second kappa shape index (κ2) is 3.77. The van der Waals surface area contributed by atoms with Crippen LogP contribution in [0.15, 0.2) is 6.07 Å². The Bertz CT molecular complexity index is 342. The molecule has 0 fully saturated rings. The summed E-state index contributed by atoms with van der Waals surface area (Å²) in [5.41, 5.74) is 10.5. The van der Waals surface area contributed by atoms with Crippen LogP contribution in [0.4, 0.5) is 23.0 Å². The van der Waals surface area contributed by atoms with Crippen LogP contribution in [0.25, 0.3) is 0 Å². The Morgan fingerprint density at radius 3 is 2.71 bits per heavy atom. The molecule has 5 N–H and O–H groups in total. The van der Waals surface area contributed by atoms with Crippen LogP contribution in [0.3, 0.4) is 0 Å². The topological polar surface area (TPSA) is 120 Å². The molecule has 7 nitrogen and oxygen atoms in total. The van der Waals surface area contributed by atoms with E-state index in [4.69, 9.17) is 11.5 Å². The van der Waals surface area contributed by atoms with Crippen molar-refractivity contribution >= 4 is 23.0 Å². The summed E-state index contributed by atoms with van der Waals surface area (Å²) in [5.74, 6) is 0.263. The molecule has 1 aromatic rings. The molecular weight excluding hydrogens is 186 g/mol. The first-order chi connectivity index (χ1) is 6.56. The average molecular weight is 197 g/mol. The van der Waals surface area contributed by atoms with E-state index in [1.807, 2.05) is 6.92 Å². The van der Waals surface area contributed by atoms with Crippen LogP contribution >= 0.6 is 0 Å². The number of pyridine rings is 1. The molecule has 1 heterocycles. The molecule has 1 rings (SSSR count). The minimum absolute atomic E-state index is 0.0125. The number of rotatable bonds is 3. The first-order valence-electron chi connectivity index (χ1n) is 4.00. The number of nitro groups is 1. The zero-order valence-corrected chi connectivity index (χ0v) is 7.65. The van der Waals surface area contributed by atoms with Crippen LogP contribution in [-0.2, 0) is 0 Å². The van der Waals surface area contributed by atoms with E-state index >= 15 is 0 Å². The number of nitrogens with zero attached hydrogens (tertiary/aromatic N) is 2. The van der Waals surface area contributed by atoms with Crippen molar-refractivity contribution < 1.29 is 4.92 Å².